The molecule has 46 heavy (non-hydrogen) atoms. The monoisotopic (exact) mass is 671 g/mol. The van der Waals surface area contributed by atoms with Gasteiger partial charge in [0.25, 0.3) is 0 Å². The minimum atomic E-state index is -1.37. The topological polar surface area (TPSA) is 0 Å². The van der Waals surface area contributed by atoms with Gasteiger partial charge >= 0.3 is 0 Å². The number of hydrogen-bond donors (Lipinski definition) is 0. The molecule has 0 atom stereocenters. The minimum absolute atomic E-state index is 0. The molecule has 0 bridgehead atoms. The van der Waals surface area contributed by atoms with E-state index in [2.05, 4.69) is 74.5 Å². The fourth-order valence-electron chi connectivity index (χ4n) is 7.36. The largest absolute Gasteiger partial charge is 1.00 e. The summed E-state index contributed by atoms with van der Waals surface area (Å²) < 4.78 is 0. The third kappa shape index (κ3) is 20.5. The second-order valence-electron chi connectivity index (χ2n) is 14.3. The van der Waals surface area contributed by atoms with Crippen molar-refractivity contribution < 1.29 is 12.4 Å². The summed E-state index contributed by atoms with van der Waals surface area (Å²) in [4.78, 5) is 0. The van der Waals surface area contributed by atoms with Gasteiger partial charge in [0.15, 0.2) is 0 Å². The highest BCUT2D eigenvalue weighted by molar-refractivity contribution is 7.89. The molecule has 0 saturated heterocycles. The molecule has 0 N–H and O–H groups in total. The van der Waals surface area contributed by atoms with E-state index in [0.29, 0.717) is 0 Å². The van der Waals surface area contributed by atoms with E-state index in [1.807, 2.05) is 0 Å². The van der Waals surface area contributed by atoms with Crippen LogP contribution < -0.4 is 23.0 Å². The molecule has 0 aliphatic heterocycles. The first kappa shape index (κ1) is 43.2. The van der Waals surface area contributed by atoms with Gasteiger partial charge < -0.3 is 12.4 Å². The first-order valence-electron chi connectivity index (χ1n) is 20.3. The molecule has 0 unspecified atom stereocenters. The molecule has 2 aromatic rings. The molecule has 0 saturated carbocycles. The van der Waals surface area contributed by atoms with Crippen molar-refractivity contribution in [3.63, 3.8) is 0 Å². The van der Waals surface area contributed by atoms with Gasteiger partial charge in [-0.1, -0.05) is 204 Å². The van der Waals surface area contributed by atoms with Crippen LogP contribution in [-0.2, 0) is 0 Å². The van der Waals surface area contributed by atoms with Gasteiger partial charge in [0.05, 0.1) is 30.2 Å². The van der Waals surface area contributed by atoms with E-state index < -0.39 is 7.26 Å². The number of halogens is 1. The highest BCUT2D eigenvalue weighted by Gasteiger charge is 2.41. The number of benzene rings is 2. The summed E-state index contributed by atoms with van der Waals surface area (Å²) in [5.41, 5.74) is 0. The Balaban J connectivity index is 0.0000106. The molecule has 0 spiro atoms. The van der Waals surface area contributed by atoms with Crippen LogP contribution in [-0.4, -0.2) is 12.3 Å². The van der Waals surface area contributed by atoms with Gasteiger partial charge in [0.1, 0.15) is 0 Å². The van der Waals surface area contributed by atoms with E-state index in [9.17, 15) is 0 Å². The first-order chi connectivity index (χ1) is 22.3. The van der Waals surface area contributed by atoms with Crippen LogP contribution in [0.5, 0.6) is 0 Å². The Morgan fingerprint density at radius 1 is 0.304 bits per heavy atom. The first-order valence-corrected chi connectivity index (χ1v) is 22.5. The van der Waals surface area contributed by atoms with Gasteiger partial charge in [-0.2, -0.15) is 0 Å². The van der Waals surface area contributed by atoms with E-state index in [4.69, 9.17) is 0 Å². The summed E-state index contributed by atoms with van der Waals surface area (Å²) in [6.45, 7) is 4.62. The molecule has 0 nitrogen and oxygen atoms in total. The molecule has 0 fully saturated rings. The average Bonchev–Trinajstić information content (AvgIpc) is 3.08. The predicted octanol–water partition coefficient (Wildman–Crippen LogP) is 11.6. The van der Waals surface area contributed by atoms with Crippen LogP contribution in [0.3, 0.4) is 0 Å². The maximum absolute atomic E-state index is 2.47. The lowest BCUT2D eigenvalue weighted by molar-refractivity contribution is -0.00000963. The molecule has 0 aliphatic carbocycles. The van der Waals surface area contributed by atoms with Crippen LogP contribution >= 0.6 is 7.26 Å². The molecular formula is C44H76ClP. The second kappa shape index (κ2) is 31.4. The van der Waals surface area contributed by atoms with E-state index in [1.54, 1.807) is 10.6 Å². The Morgan fingerprint density at radius 2 is 0.522 bits per heavy atom. The Kier molecular flexibility index (Phi) is 29.5. The molecular weight excluding hydrogens is 595 g/mol. The zero-order valence-electron chi connectivity index (χ0n) is 30.8. The summed E-state index contributed by atoms with van der Waals surface area (Å²) in [6.07, 6.45) is 43.1. The maximum atomic E-state index is 2.47. The highest BCUT2D eigenvalue weighted by Crippen LogP contribution is 2.57. The van der Waals surface area contributed by atoms with Gasteiger partial charge in [0, 0.05) is 0 Å². The Labute approximate surface area is 295 Å². The quantitative estimate of drug-likeness (QED) is 0.0537. The average molecular weight is 672 g/mol. The van der Waals surface area contributed by atoms with Crippen LogP contribution in [0.15, 0.2) is 60.7 Å². The number of rotatable bonds is 32. The third-order valence-electron chi connectivity index (χ3n) is 10.3. The molecule has 0 aliphatic rings. The second-order valence-corrected chi connectivity index (χ2v) is 18.1. The molecule has 2 rings (SSSR count). The number of hydrogen-bond acceptors (Lipinski definition) is 0. The van der Waals surface area contributed by atoms with Crippen molar-refractivity contribution in [3.05, 3.63) is 60.7 Å². The SMILES string of the molecule is CCCCCCCCCCCCCCCC[P+](CCCCCCCCCCCCCCCC)(c1ccccc1)c1ccccc1.[Cl-]. The van der Waals surface area contributed by atoms with Gasteiger partial charge in [-0.3, -0.25) is 0 Å². The summed E-state index contributed by atoms with van der Waals surface area (Å²) in [7, 11) is -1.37. The van der Waals surface area contributed by atoms with Gasteiger partial charge in [0.2, 0.25) is 0 Å². The predicted molar refractivity (Wildman–Crippen MR) is 209 cm³/mol. The van der Waals surface area contributed by atoms with Crippen molar-refractivity contribution in [2.45, 2.75) is 194 Å². The van der Waals surface area contributed by atoms with Crippen LogP contribution in [0.4, 0.5) is 0 Å². The van der Waals surface area contributed by atoms with Crippen LogP contribution in [0.1, 0.15) is 194 Å². The molecule has 264 valence electrons. The normalized spacial score (nSPS) is 11.5. The fourth-order valence-corrected chi connectivity index (χ4v) is 11.9. The minimum Gasteiger partial charge on any atom is -1.00 e. The van der Waals surface area contributed by atoms with Crippen LogP contribution in [0, 0.1) is 0 Å². The molecule has 2 aromatic carbocycles. The fraction of sp³-hybridized carbons (Fsp3) is 0.727. The van der Waals surface area contributed by atoms with E-state index >= 15 is 0 Å². The zero-order chi connectivity index (χ0) is 31.9. The third-order valence-corrected chi connectivity index (χ3v) is 15.0. The van der Waals surface area contributed by atoms with Crippen molar-refractivity contribution in [1.29, 1.82) is 0 Å². The molecule has 0 radical (unpaired) electrons. The van der Waals surface area contributed by atoms with Gasteiger partial charge in [-0.25, -0.2) is 0 Å². The van der Waals surface area contributed by atoms with Crippen molar-refractivity contribution in [1.82, 2.24) is 0 Å². The van der Waals surface area contributed by atoms with E-state index in [1.165, 1.54) is 192 Å². The Hall–Kier alpha value is -0.840. The van der Waals surface area contributed by atoms with Crippen LogP contribution in [0.25, 0.3) is 0 Å². The summed E-state index contributed by atoms with van der Waals surface area (Å²) >= 11 is 0. The van der Waals surface area contributed by atoms with Crippen molar-refractivity contribution in [2.75, 3.05) is 12.3 Å². The highest BCUT2D eigenvalue weighted by atomic mass is 35.5. The Morgan fingerprint density at radius 3 is 0.761 bits per heavy atom. The lowest BCUT2D eigenvalue weighted by atomic mass is 10.0. The summed E-state index contributed by atoms with van der Waals surface area (Å²) in [5.74, 6) is 0. The molecule has 0 heterocycles. The zero-order valence-corrected chi connectivity index (χ0v) is 32.5. The maximum Gasteiger partial charge on any atom is 0.0991 e. The smallest absolute Gasteiger partial charge is 0.0991 e. The number of unbranched alkanes of at least 4 members (excludes halogenated alkanes) is 26. The van der Waals surface area contributed by atoms with E-state index in [0.717, 1.165) is 0 Å². The van der Waals surface area contributed by atoms with Crippen LogP contribution in [0.2, 0.25) is 0 Å². The van der Waals surface area contributed by atoms with Crippen molar-refractivity contribution in [2.24, 2.45) is 0 Å². The standard InChI is InChI=1S/C44H76P.ClH/c1-3-5-7-9-11-13-15-17-19-21-23-25-27-35-41-45(43-37-31-29-32-38-43,44-39-33-30-34-40-44)42-36-28-26-24-22-20-18-16-14-12-10-8-6-4-2;/h29-34,37-40H,3-28,35-36,41-42H2,1-2H3;1H/q+1;/p-1. The van der Waals surface area contributed by atoms with E-state index in [-0.39, 0.29) is 12.4 Å². The molecule has 2 heteroatoms. The van der Waals surface area contributed by atoms with Crippen molar-refractivity contribution >= 4 is 17.9 Å². The lowest BCUT2D eigenvalue weighted by Gasteiger charge is -2.28. The Bertz CT molecular complexity index is 792. The molecule has 0 amide bonds. The lowest BCUT2D eigenvalue weighted by Crippen LogP contribution is -3.00. The van der Waals surface area contributed by atoms with Gasteiger partial charge in [-0.05, 0) is 49.9 Å². The van der Waals surface area contributed by atoms with Crippen molar-refractivity contribution in [3.8, 4) is 0 Å². The summed E-state index contributed by atoms with van der Waals surface area (Å²) in [6, 6.07) is 23.5. The summed E-state index contributed by atoms with van der Waals surface area (Å²) in [5, 5.41) is 3.31. The molecule has 0 aromatic heterocycles. The van der Waals surface area contributed by atoms with Gasteiger partial charge in [-0.15, -0.1) is 0 Å².